The first kappa shape index (κ1) is 12.1. The van der Waals surface area contributed by atoms with Crippen LogP contribution in [0.25, 0.3) is 0 Å². The van der Waals surface area contributed by atoms with E-state index in [9.17, 15) is 14.0 Å². The van der Waals surface area contributed by atoms with Gasteiger partial charge in [-0.05, 0) is 18.2 Å². The Morgan fingerprint density at radius 1 is 1.50 bits per heavy atom. The number of hydrogen-bond acceptors (Lipinski definition) is 3. The summed E-state index contributed by atoms with van der Waals surface area (Å²) in [5.41, 5.74) is 5.16. The molecule has 6 heteroatoms. The Morgan fingerprint density at radius 2 is 2.19 bits per heavy atom. The Balaban J connectivity index is 2.74. The highest BCUT2D eigenvalue weighted by Crippen LogP contribution is 2.09. The number of carbonyl (C=O) groups excluding carboxylic acids is 2. The first-order valence-electron chi connectivity index (χ1n) is 4.43. The van der Waals surface area contributed by atoms with Gasteiger partial charge in [-0.2, -0.15) is 0 Å². The average molecular weight is 226 g/mol. The minimum absolute atomic E-state index is 0.230. The number of nitrogens with one attached hydrogen (secondary N) is 1. The Kier molecular flexibility index (Phi) is 3.96. The number of benzene rings is 1. The fourth-order valence-electron chi connectivity index (χ4n) is 1.13. The van der Waals surface area contributed by atoms with Crippen LogP contribution in [0.1, 0.15) is 0 Å². The lowest BCUT2D eigenvalue weighted by molar-refractivity contribution is -0.138. The maximum absolute atomic E-state index is 12.8. The second kappa shape index (κ2) is 5.22. The van der Waals surface area contributed by atoms with Crippen LogP contribution < -0.4 is 11.1 Å². The normalized spacial score (nSPS) is 11.9. The molecular formula is C10H11FN2O3. The van der Waals surface area contributed by atoms with E-state index in [4.69, 9.17) is 5.73 Å². The molecule has 16 heavy (non-hydrogen) atoms. The summed E-state index contributed by atoms with van der Waals surface area (Å²) in [6.45, 7) is 0. The molecule has 2 amide bonds. The third-order valence-corrected chi connectivity index (χ3v) is 1.82. The molecular weight excluding hydrogens is 215 g/mol. The number of methoxy groups -OCH3 is 1. The first-order chi connectivity index (χ1) is 7.54. The van der Waals surface area contributed by atoms with Crippen molar-refractivity contribution in [3.05, 3.63) is 30.1 Å². The Morgan fingerprint density at radius 3 is 2.69 bits per heavy atom. The van der Waals surface area contributed by atoms with E-state index in [0.29, 0.717) is 0 Å². The summed E-state index contributed by atoms with van der Waals surface area (Å²) in [6.07, 6.45) is -1.39. The summed E-state index contributed by atoms with van der Waals surface area (Å²) in [5, 5.41) is 2.31. The van der Waals surface area contributed by atoms with E-state index in [0.717, 1.165) is 6.07 Å². The zero-order chi connectivity index (χ0) is 12.1. The monoisotopic (exact) mass is 226 g/mol. The number of halogens is 1. The molecule has 0 aliphatic rings. The molecule has 1 atom stereocenters. The first-order valence-corrected chi connectivity index (χ1v) is 4.43. The molecule has 5 nitrogen and oxygen atoms in total. The quantitative estimate of drug-likeness (QED) is 0.723. The van der Waals surface area contributed by atoms with Crippen LogP contribution in [-0.4, -0.2) is 25.0 Å². The maximum Gasteiger partial charge on any atom is 0.263 e. The van der Waals surface area contributed by atoms with Gasteiger partial charge in [0.1, 0.15) is 5.82 Å². The van der Waals surface area contributed by atoms with Crippen molar-refractivity contribution in [1.29, 1.82) is 0 Å². The summed E-state index contributed by atoms with van der Waals surface area (Å²) in [5.74, 6) is -2.14. The fourth-order valence-corrected chi connectivity index (χ4v) is 1.13. The van der Waals surface area contributed by atoms with Crippen LogP contribution in [0.3, 0.4) is 0 Å². The largest absolute Gasteiger partial charge is 0.367 e. The SMILES string of the molecule is COC(C(N)=O)C(=O)Nc1cccc(F)c1. The van der Waals surface area contributed by atoms with Crippen molar-refractivity contribution in [2.45, 2.75) is 6.10 Å². The van der Waals surface area contributed by atoms with Gasteiger partial charge in [-0.1, -0.05) is 6.07 Å². The van der Waals surface area contributed by atoms with Crippen molar-refractivity contribution >= 4 is 17.5 Å². The predicted molar refractivity (Wildman–Crippen MR) is 55.0 cm³/mol. The van der Waals surface area contributed by atoms with E-state index in [2.05, 4.69) is 10.1 Å². The van der Waals surface area contributed by atoms with E-state index in [1.807, 2.05) is 0 Å². The fraction of sp³-hybridized carbons (Fsp3) is 0.200. The van der Waals surface area contributed by atoms with Crippen LogP contribution in [0.15, 0.2) is 24.3 Å². The van der Waals surface area contributed by atoms with Gasteiger partial charge in [0.15, 0.2) is 0 Å². The van der Waals surface area contributed by atoms with Crippen LogP contribution in [0.5, 0.6) is 0 Å². The standard InChI is InChI=1S/C10H11FN2O3/c1-16-8(9(12)14)10(15)13-7-4-2-3-6(11)5-7/h2-5,8H,1H3,(H2,12,14)(H,13,15). The molecule has 1 aromatic carbocycles. The minimum atomic E-state index is -1.39. The van der Waals surface area contributed by atoms with Crippen molar-refractivity contribution in [3.8, 4) is 0 Å². The Hall–Kier alpha value is -1.95. The molecule has 0 fully saturated rings. The molecule has 86 valence electrons. The maximum atomic E-state index is 12.8. The summed E-state index contributed by atoms with van der Waals surface area (Å²) in [4.78, 5) is 22.2. The smallest absolute Gasteiger partial charge is 0.263 e. The van der Waals surface area contributed by atoms with E-state index >= 15 is 0 Å². The van der Waals surface area contributed by atoms with Gasteiger partial charge in [-0.15, -0.1) is 0 Å². The molecule has 0 saturated heterocycles. The Bertz CT molecular complexity index is 409. The average Bonchev–Trinajstić information content (AvgIpc) is 2.17. The predicted octanol–water partition coefficient (Wildman–Crippen LogP) is 0.265. The van der Waals surface area contributed by atoms with Gasteiger partial charge in [0, 0.05) is 12.8 Å². The number of rotatable bonds is 4. The molecule has 1 aromatic rings. The van der Waals surface area contributed by atoms with Crippen molar-refractivity contribution in [3.63, 3.8) is 0 Å². The number of primary amides is 1. The third-order valence-electron chi connectivity index (χ3n) is 1.82. The summed E-state index contributed by atoms with van der Waals surface area (Å²) in [6, 6.07) is 5.26. The molecule has 3 N–H and O–H groups in total. The number of ether oxygens (including phenoxy) is 1. The molecule has 1 rings (SSSR count). The molecule has 1 unspecified atom stereocenters. The van der Waals surface area contributed by atoms with Gasteiger partial charge >= 0.3 is 0 Å². The van der Waals surface area contributed by atoms with E-state index in [-0.39, 0.29) is 5.69 Å². The van der Waals surface area contributed by atoms with Gasteiger partial charge in [-0.25, -0.2) is 4.39 Å². The van der Waals surface area contributed by atoms with Crippen LogP contribution in [0, 0.1) is 5.82 Å². The van der Waals surface area contributed by atoms with Gasteiger partial charge in [0.25, 0.3) is 11.8 Å². The number of hydrogen-bond donors (Lipinski definition) is 2. The van der Waals surface area contributed by atoms with Crippen LogP contribution in [-0.2, 0) is 14.3 Å². The molecule has 0 spiro atoms. The van der Waals surface area contributed by atoms with Gasteiger partial charge < -0.3 is 15.8 Å². The molecule has 0 radical (unpaired) electrons. The number of nitrogens with two attached hydrogens (primary N) is 1. The highest BCUT2D eigenvalue weighted by Gasteiger charge is 2.23. The Labute approximate surface area is 91.4 Å². The molecule has 0 saturated carbocycles. The van der Waals surface area contributed by atoms with Crippen molar-refractivity contribution in [1.82, 2.24) is 0 Å². The molecule has 0 aromatic heterocycles. The molecule has 0 aliphatic heterocycles. The minimum Gasteiger partial charge on any atom is -0.367 e. The van der Waals surface area contributed by atoms with Gasteiger partial charge in [0.05, 0.1) is 0 Å². The zero-order valence-corrected chi connectivity index (χ0v) is 8.57. The van der Waals surface area contributed by atoms with Gasteiger partial charge in [0.2, 0.25) is 6.10 Å². The van der Waals surface area contributed by atoms with Gasteiger partial charge in [-0.3, -0.25) is 9.59 Å². The second-order valence-corrected chi connectivity index (χ2v) is 3.02. The third kappa shape index (κ3) is 3.03. The lowest BCUT2D eigenvalue weighted by Crippen LogP contribution is -2.40. The second-order valence-electron chi connectivity index (χ2n) is 3.02. The molecule has 0 heterocycles. The van der Waals surface area contributed by atoms with Crippen molar-refractivity contribution in [2.75, 3.05) is 12.4 Å². The topological polar surface area (TPSA) is 81.4 Å². The number of amides is 2. The summed E-state index contributed by atoms with van der Waals surface area (Å²) < 4.78 is 17.4. The molecule has 0 bridgehead atoms. The van der Waals surface area contributed by atoms with Crippen LogP contribution >= 0.6 is 0 Å². The van der Waals surface area contributed by atoms with E-state index in [1.54, 1.807) is 0 Å². The lowest BCUT2D eigenvalue weighted by Gasteiger charge is -2.11. The van der Waals surface area contributed by atoms with Crippen molar-refractivity contribution < 1.29 is 18.7 Å². The van der Waals surface area contributed by atoms with E-state index in [1.165, 1.54) is 25.3 Å². The number of anilines is 1. The summed E-state index contributed by atoms with van der Waals surface area (Å²) >= 11 is 0. The summed E-state index contributed by atoms with van der Waals surface area (Å²) in [7, 11) is 1.18. The van der Waals surface area contributed by atoms with Crippen LogP contribution in [0.4, 0.5) is 10.1 Å². The van der Waals surface area contributed by atoms with E-state index < -0.39 is 23.7 Å². The van der Waals surface area contributed by atoms with Crippen LogP contribution in [0.2, 0.25) is 0 Å². The lowest BCUT2D eigenvalue weighted by atomic mass is 10.2. The highest BCUT2D eigenvalue weighted by molar-refractivity contribution is 6.08. The zero-order valence-electron chi connectivity index (χ0n) is 8.57. The molecule has 0 aliphatic carbocycles. The number of carbonyl (C=O) groups is 2. The highest BCUT2D eigenvalue weighted by atomic mass is 19.1. The van der Waals surface area contributed by atoms with Crippen molar-refractivity contribution in [2.24, 2.45) is 5.73 Å².